The Morgan fingerprint density at radius 1 is 1.14 bits per heavy atom. The number of aromatic amines is 1. The average molecular weight is 417 g/mol. The molecule has 0 saturated carbocycles. The summed E-state index contributed by atoms with van der Waals surface area (Å²) in [5.41, 5.74) is 5.82. The number of H-pyrrole nitrogens is 1. The van der Waals surface area contributed by atoms with Crippen molar-refractivity contribution < 1.29 is 9.53 Å². The Kier molecular flexibility index (Phi) is 5.37. The topological polar surface area (TPSA) is 45.3 Å². The summed E-state index contributed by atoms with van der Waals surface area (Å²) in [5, 5.41) is 2.18. The average Bonchev–Trinajstić information content (AvgIpc) is 3.08. The third-order valence-corrected chi connectivity index (χ3v) is 6.01. The third kappa shape index (κ3) is 3.64. The molecule has 0 radical (unpaired) electrons. The Bertz CT molecular complexity index is 1050. The van der Waals surface area contributed by atoms with Crippen molar-refractivity contribution in [3.05, 3.63) is 68.3 Å². The van der Waals surface area contributed by atoms with Crippen molar-refractivity contribution in [3.8, 4) is 0 Å². The minimum Gasteiger partial charge on any atom is -0.378 e. The highest BCUT2D eigenvalue weighted by atomic mass is 35.5. The van der Waals surface area contributed by atoms with Gasteiger partial charge in [-0.15, -0.1) is 0 Å². The van der Waals surface area contributed by atoms with Gasteiger partial charge in [0.15, 0.2) is 0 Å². The molecule has 28 heavy (non-hydrogen) atoms. The molecule has 1 aliphatic rings. The van der Waals surface area contributed by atoms with Crippen LogP contribution in [0.3, 0.4) is 0 Å². The molecule has 146 valence electrons. The Labute approximate surface area is 174 Å². The maximum absolute atomic E-state index is 12.9. The van der Waals surface area contributed by atoms with Gasteiger partial charge in [0.2, 0.25) is 0 Å². The number of aromatic nitrogens is 1. The Hall–Kier alpha value is -2.01. The number of nitrogens with zero attached hydrogens (tertiary/aromatic N) is 1. The number of benzene rings is 2. The van der Waals surface area contributed by atoms with Gasteiger partial charge in [-0.1, -0.05) is 29.3 Å². The maximum atomic E-state index is 12.9. The summed E-state index contributed by atoms with van der Waals surface area (Å²) >= 11 is 13.1. The van der Waals surface area contributed by atoms with Crippen molar-refractivity contribution in [2.24, 2.45) is 0 Å². The number of nitrogens with one attached hydrogen (secondary N) is 1. The third-order valence-electron chi connectivity index (χ3n) is 5.23. The number of amides is 1. The fraction of sp³-hybridized carbons (Fsp3) is 0.318. The summed E-state index contributed by atoms with van der Waals surface area (Å²) in [5.74, 6) is -0.0747. The summed E-state index contributed by atoms with van der Waals surface area (Å²) < 4.78 is 5.33. The summed E-state index contributed by atoms with van der Waals surface area (Å²) in [6, 6.07) is 9.90. The number of hydrogen-bond acceptors (Lipinski definition) is 2. The molecule has 2 aromatic carbocycles. The highest BCUT2D eigenvalue weighted by molar-refractivity contribution is 6.38. The first kappa shape index (κ1) is 19.3. The van der Waals surface area contributed by atoms with Gasteiger partial charge in [-0.25, -0.2) is 0 Å². The zero-order valence-electron chi connectivity index (χ0n) is 15.9. The van der Waals surface area contributed by atoms with Crippen molar-refractivity contribution in [1.82, 2.24) is 9.88 Å². The molecule has 3 aromatic rings. The van der Waals surface area contributed by atoms with E-state index in [0.29, 0.717) is 48.3 Å². The van der Waals surface area contributed by atoms with Gasteiger partial charge in [0.25, 0.3) is 5.91 Å². The smallest absolute Gasteiger partial charge is 0.255 e. The van der Waals surface area contributed by atoms with Crippen molar-refractivity contribution in [3.63, 3.8) is 0 Å². The van der Waals surface area contributed by atoms with Gasteiger partial charge in [0, 0.05) is 41.1 Å². The second kappa shape index (κ2) is 7.78. The first-order valence-corrected chi connectivity index (χ1v) is 10.1. The molecule has 0 spiro atoms. The summed E-state index contributed by atoms with van der Waals surface area (Å²) in [6.45, 7) is 6.45. The number of halogens is 2. The van der Waals surface area contributed by atoms with Crippen LogP contribution in [0.2, 0.25) is 10.0 Å². The normalized spacial score (nSPS) is 14.6. The molecule has 0 bridgehead atoms. The highest BCUT2D eigenvalue weighted by Crippen LogP contribution is 2.32. The first-order valence-electron chi connectivity index (χ1n) is 9.37. The summed E-state index contributed by atoms with van der Waals surface area (Å²) in [6.07, 6.45) is 0.537. The zero-order valence-corrected chi connectivity index (χ0v) is 17.5. The maximum Gasteiger partial charge on any atom is 0.255 e. The van der Waals surface area contributed by atoms with Crippen LogP contribution in [0.1, 0.15) is 32.7 Å². The fourth-order valence-electron chi connectivity index (χ4n) is 3.80. The molecule has 4 nitrogen and oxygen atoms in total. The van der Waals surface area contributed by atoms with Crippen LogP contribution in [-0.4, -0.2) is 42.1 Å². The number of carbonyl (C=O) groups is 1. The molecule has 1 aromatic heterocycles. The predicted molar refractivity (Wildman–Crippen MR) is 114 cm³/mol. The second-order valence-corrected chi connectivity index (χ2v) is 8.09. The quantitative estimate of drug-likeness (QED) is 0.640. The van der Waals surface area contributed by atoms with E-state index in [9.17, 15) is 4.79 Å². The molecule has 1 saturated heterocycles. The molecule has 0 aliphatic carbocycles. The second-order valence-electron chi connectivity index (χ2n) is 7.31. The van der Waals surface area contributed by atoms with Crippen molar-refractivity contribution in [2.75, 3.05) is 26.3 Å². The first-order chi connectivity index (χ1) is 13.4. The van der Waals surface area contributed by atoms with Gasteiger partial charge < -0.3 is 14.6 Å². The van der Waals surface area contributed by atoms with E-state index in [1.165, 1.54) is 16.5 Å². The van der Waals surface area contributed by atoms with E-state index < -0.39 is 0 Å². The molecule has 1 aliphatic heterocycles. The zero-order chi connectivity index (χ0) is 19.8. The largest absolute Gasteiger partial charge is 0.378 e. The monoisotopic (exact) mass is 416 g/mol. The van der Waals surface area contributed by atoms with E-state index in [1.807, 2.05) is 0 Å². The van der Waals surface area contributed by atoms with Gasteiger partial charge in [-0.2, -0.15) is 0 Å². The predicted octanol–water partition coefficient (Wildman–Crippen LogP) is 5.15. The lowest BCUT2D eigenvalue weighted by Crippen LogP contribution is -2.40. The fourth-order valence-corrected chi connectivity index (χ4v) is 4.39. The van der Waals surface area contributed by atoms with E-state index in [0.717, 1.165) is 16.8 Å². The molecule has 6 heteroatoms. The van der Waals surface area contributed by atoms with Crippen molar-refractivity contribution in [2.45, 2.75) is 20.3 Å². The summed E-state index contributed by atoms with van der Waals surface area (Å²) in [7, 11) is 0. The lowest BCUT2D eigenvalue weighted by molar-refractivity contribution is 0.0303. The minimum atomic E-state index is -0.0747. The van der Waals surface area contributed by atoms with Crippen LogP contribution in [0.4, 0.5) is 0 Å². The Morgan fingerprint density at radius 3 is 2.64 bits per heavy atom. The van der Waals surface area contributed by atoms with Crippen LogP contribution < -0.4 is 0 Å². The molecule has 1 N–H and O–H groups in total. The van der Waals surface area contributed by atoms with Crippen LogP contribution in [0.15, 0.2) is 30.3 Å². The number of morpholine rings is 1. The van der Waals surface area contributed by atoms with Crippen LogP contribution in [0.5, 0.6) is 0 Å². The number of rotatable bonds is 3. The van der Waals surface area contributed by atoms with E-state index >= 15 is 0 Å². The van der Waals surface area contributed by atoms with Gasteiger partial charge >= 0.3 is 0 Å². The highest BCUT2D eigenvalue weighted by Gasteiger charge is 2.23. The summed E-state index contributed by atoms with van der Waals surface area (Å²) in [4.78, 5) is 18.1. The van der Waals surface area contributed by atoms with Crippen LogP contribution in [0.25, 0.3) is 10.9 Å². The lowest BCUT2D eigenvalue weighted by Gasteiger charge is -2.27. The molecular weight excluding hydrogens is 395 g/mol. The molecule has 1 amide bonds. The molecular formula is C22H22Cl2N2O2. The van der Waals surface area contributed by atoms with Gasteiger partial charge in [0.1, 0.15) is 0 Å². The van der Waals surface area contributed by atoms with Gasteiger partial charge in [-0.05, 0) is 54.8 Å². The van der Waals surface area contributed by atoms with Crippen LogP contribution >= 0.6 is 23.2 Å². The number of hydrogen-bond donors (Lipinski definition) is 1. The van der Waals surface area contributed by atoms with E-state index in [2.05, 4.69) is 37.0 Å². The van der Waals surface area contributed by atoms with Crippen LogP contribution in [-0.2, 0) is 11.2 Å². The number of fused-ring (bicyclic) bond motifs is 1. The molecule has 0 atom stereocenters. The molecule has 4 rings (SSSR count). The van der Waals surface area contributed by atoms with E-state index in [-0.39, 0.29) is 5.91 Å². The van der Waals surface area contributed by atoms with E-state index in [1.54, 1.807) is 17.0 Å². The standard InChI is InChI=1S/C22H22Cl2N2O2/c1-13-9-14(2)17-11-15(25-20(17)10-13)12-18-19(23)4-3-16(21(18)24)22(27)26-5-7-28-8-6-26/h3-4,9-11,25H,5-8,12H2,1-2H3. The number of ether oxygens (including phenoxy) is 1. The Balaban J connectivity index is 1.68. The molecule has 1 fully saturated rings. The minimum absolute atomic E-state index is 0.0747. The Morgan fingerprint density at radius 2 is 1.89 bits per heavy atom. The van der Waals surface area contributed by atoms with Crippen molar-refractivity contribution in [1.29, 1.82) is 0 Å². The SMILES string of the molecule is Cc1cc(C)c2cc(Cc3c(Cl)ccc(C(=O)N4CCOCC4)c3Cl)[nH]c2c1. The van der Waals surface area contributed by atoms with Crippen LogP contribution in [0, 0.1) is 13.8 Å². The van der Waals surface area contributed by atoms with Crippen molar-refractivity contribution >= 4 is 40.0 Å². The number of carbonyl (C=O) groups excluding carboxylic acids is 1. The number of aryl methyl sites for hydroxylation is 2. The molecule has 0 unspecified atom stereocenters. The lowest BCUT2D eigenvalue weighted by atomic mass is 10.0. The van der Waals surface area contributed by atoms with Gasteiger partial charge in [0.05, 0.1) is 23.8 Å². The molecule has 2 heterocycles. The van der Waals surface area contributed by atoms with Gasteiger partial charge in [-0.3, -0.25) is 4.79 Å². The van der Waals surface area contributed by atoms with E-state index in [4.69, 9.17) is 27.9 Å².